The summed E-state index contributed by atoms with van der Waals surface area (Å²) in [7, 11) is 1.61. The summed E-state index contributed by atoms with van der Waals surface area (Å²) in [5.74, 6) is 1.04. The zero-order chi connectivity index (χ0) is 26.0. The molecule has 4 heterocycles. The number of nitrogens with one attached hydrogen (secondary N) is 2. The van der Waals surface area contributed by atoms with Gasteiger partial charge in [-0.2, -0.15) is 5.10 Å². The number of H-pyrrole nitrogens is 1. The normalized spacial score (nSPS) is 13.1. The number of carbonyl (C=O) groups is 1. The first-order valence-electron chi connectivity index (χ1n) is 12.2. The standard InChI is InChI=1S/C26H27N7O4/c1-11(2)33-25(14-7-6-8-17(14)31-33)30-23-21-15-10-19(36-5)16(20-12(3)32-37-13(20)4)9-18(15)27-22(21)28-24(29-23)26(34)35/h9-11H,6-8H2,1-5H3,(H,34,35)(H2,27,28,29,30). The Balaban J connectivity index is 1.61. The second-order valence-electron chi connectivity index (χ2n) is 9.64. The number of aromatic nitrogens is 6. The summed E-state index contributed by atoms with van der Waals surface area (Å²) in [4.78, 5) is 24.0. The molecule has 0 saturated heterocycles. The van der Waals surface area contributed by atoms with Crippen molar-refractivity contribution >= 4 is 39.5 Å². The van der Waals surface area contributed by atoms with Crippen LogP contribution in [0.2, 0.25) is 0 Å². The lowest BCUT2D eigenvalue weighted by Gasteiger charge is -2.15. The van der Waals surface area contributed by atoms with Gasteiger partial charge in [0.15, 0.2) is 0 Å². The number of hydrogen-bond acceptors (Lipinski definition) is 8. The third-order valence-corrected chi connectivity index (χ3v) is 6.92. The van der Waals surface area contributed by atoms with Gasteiger partial charge in [-0.25, -0.2) is 19.4 Å². The number of nitrogens with zero attached hydrogens (tertiary/aromatic N) is 5. The molecule has 5 aromatic rings. The average Bonchev–Trinajstić information content (AvgIpc) is 3.61. The van der Waals surface area contributed by atoms with Gasteiger partial charge >= 0.3 is 5.97 Å². The minimum Gasteiger partial charge on any atom is -0.496 e. The number of anilines is 2. The van der Waals surface area contributed by atoms with Crippen molar-refractivity contribution in [1.82, 2.24) is 29.9 Å². The molecule has 11 heteroatoms. The topological polar surface area (TPSA) is 144 Å². The van der Waals surface area contributed by atoms with Crippen LogP contribution in [0.1, 0.15) is 59.6 Å². The first-order valence-corrected chi connectivity index (χ1v) is 12.2. The molecule has 0 fully saturated rings. The zero-order valence-electron chi connectivity index (χ0n) is 21.3. The second-order valence-corrected chi connectivity index (χ2v) is 9.64. The third-order valence-electron chi connectivity index (χ3n) is 6.92. The van der Waals surface area contributed by atoms with Crippen LogP contribution in [0.3, 0.4) is 0 Å². The van der Waals surface area contributed by atoms with Crippen molar-refractivity contribution < 1.29 is 19.2 Å². The number of benzene rings is 1. The van der Waals surface area contributed by atoms with Crippen LogP contribution in [0.5, 0.6) is 5.75 Å². The van der Waals surface area contributed by atoms with E-state index in [0.29, 0.717) is 28.4 Å². The number of aromatic carboxylic acids is 1. The Bertz CT molecular complexity index is 1690. The van der Waals surface area contributed by atoms with Crippen molar-refractivity contribution in [3.63, 3.8) is 0 Å². The first-order chi connectivity index (χ1) is 17.8. The summed E-state index contributed by atoms with van der Waals surface area (Å²) >= 11 is 0. The van der Waals surface area contributed by atoms with Crippen LogP contribution in [-0.2, 0) is 12.8 Å². The SMILES string of the molecule is COc1cc2c(cc1-c1c(C)noc1C)[nH]c1nc(C(=O)O)nc(Nc3c4c(nn3C(C)C)CCC4)c12. The molecule has 6 rings (SSSR count). The number of carboxylic acids is 1. The van der Waals surface area contributed by atoms with E-state index in [4.69, 9.17) is 14.4 Å². The van der Waals surface area contributed by atoms with Crippen molar-refractivity contribution in [3.05, 3.63) is 40.7 Å². The van der Waals surface area contributed by atoms with E-state index in [1.54, 1.807) is 7.11 Å². The maximum absolute atomic E-state index is 11.9. The molecule has 3 N–H and O–H groups in total. The van der Waals surface area contributed by atoms with Crippen LogP contribution < -0.4 is 10.1 Å². The minimum absolute atomic E-state index is 0.116. The Morgan fingerprint density at radius 1 is 1.24 bits per heavy atom. The van der Waals surface area contributed by atoms with E-state index in [-0.39, 0.29) is 11.9 Å². The number of hydrogen-bond donors (Lipinski definition) is 3. The highest BCUT2D eigenvalue weighted by Crippen LogP contribution is 2.41. The van der Waals surface area contributed by atoms with E-state index in [9.17, 15) is 9.90 Å². The summed E-state index contributed by atoms with van der Waals surface area (Å²) in [5, 5.41) is 23.6. The first kappa shape index (κ1) is 23.0. The lowest BCUT2D eigenvalue weighted by atomic mass is 10.0. The average molecular weight is 502 g/mol. The molecule has 11 nitrogen and oxygen atoms in total. The summed E-state index contributed by atoms with van der Waals surface area (Å²) in [6, 6.07) is 3.97. The van der Waals surface area contributed by atoms with Gasteiger partial charge < -0.3 is 24.7 Å². The van der Waals surface area contributed by atoms with Gasteiger partial charge in [-0.1, -0.05) is 5.16 Å². The molecule has 0 aliphatic heterocycles. The summed E-state index contributed by atoms with van der Waals surface area (Å²) < 4.78 is 13.1. The van der Waals surface area contributed by atoms with Crippen LogP contribution in [0.25, 0.3) is 33.1 Å². The van der Waals surface area contributed by atoms with Gasteiger partial charge in [-0.3, -0.25) is 0 Å². The number of ether oxygens (including phenoxy) is 1. The molecule has 0 spiro atoms. The van der Waals surface area contributed by atoms with E-state index in [0.717, 1.165) is 64.1 Å². The lowest BCUT2D eigenvalue weighted by molar-refractivity contribution is 0.0684. The fraction of sp³-hybridized carbons (Fsp3) is 0.346. The van der Waals surface area contributed by atoms with E-state index >= 15 is 0 Å². The molecule has 190 valence electrons. The second kappa shape index (κ2) is 8.32. The minimum atomic E-state index is -1.21. The number of fused-ring (bicyclic) bond motifs is 4. The van der Waals surface area contributed by atoms with Gasteiger partial charge in [0.2, 0.25) is 5.82 Å². The lowest BCUT2D eigenvalue weighted by Crippen LogP contribution is -2.12. The molecule has 37 heavy (non-hydrogen) atoms. The van der Waals surface area contributed by atoms with E-state index in [2.05, 4.69) is 39.3 Å². The highest BCUT2D eigenvalue weighted by molar-refractivity contribution is 6.14. The predicted molar refractivity (Wildman–Crippen MR) is 138 cm³/mol. The molecule has 4 aromatic heterocycles. The monoisotopic (exact) mass is 501 g/mol. The smallest absolute Gasteiger partial charge is 0.374 e. The van der Waals surface area contributed by atoms with E-state index in [1.165, 1.54) is 0 Å². The predicted octanol–water partition coefficient (Wildman–Crippen LogP) is 5.10. The van der Waals surface area contributed by atoms with Crippen molar-refractivity contribution in [2.24, 2.45) is 0 Å². The highest BCUT2D eigenvalue weighted by Gasteiger charge is 2.26. The van der Waals surface area contributed by atoms with Gasteiger partial charge in [0, 0.05) is 28.1 Å². The Hall–Kier alpha value is -4.41. The molecular weight excluding hydrogens is 474 g/mol. The van der Waals surface area contributed by atoms with E-state index < -0.39 is 5.97 Å². The molecule has 0 saturated carbocycles. The molecule has 0 amide bonds. The van der Waals surface area contributed by atoms with Gasteiger partial charge in [0.25, 0.3) is 0 Å². The van der Waals surface area contributed by atoms with Crippen molar-refractivity contribution in [2.75, 3.05) is 12.4 Å². The molecule has 0 unspecified atom stereocenters. The maximum atomic E-state index is 11.9. The summed E-state index contributed by atoms with van der Waals surface area (Å²) in [5.41, 5.74) is 5.81. The fourth-order valence-electron chi connectivity index (χ4n) is 5.27. The summed E-state index contributed by atoms with van der Waals surface area (Å²) in [6.07, 6.45) is 2.88. The number of rotatable bonds is 6. The fourth-order valence-corrected chi connectivity index (χ4v) is 5.27. The Labute approximate surface area is 211 Å². The number of aromatic amines is 1. The Morgan fingerprint density at radius 2 is 2.05 bits per heavy atom. The molecule has 1 aromatic carbocycles. The highest BCUT2D eigenvalue weighted by atomic mass is 16.5. The van der Waals surface area contributed by atoms with Crippen molar-refractivity contribution in [3.8, 4) is 16.9 Å². The molecule has 0 radical (unpaired) electrons. The van der Waals surface area contributed by atoms with Crippen LogP contribution in [0.4, 0.5) is 11.6 Å². The molecule has 0 bridgehead atoms. The van der Waals surface area contributed by atoms with Crippen LogP contribution >= 0.6 is 0 Å². The molecule has 0 atom stereocenters. The third kappa shape index (κ3) is 3.52. The Kier molecular flexibility index (Phi) is 5.18. The van der Waals surface area contributed by atoms with Gasteiger partial charge in [0.1, 0.15) is 28.8 Å². The number of aryl methyl sites for hydroxylation is 3. The van der Waals surface area contributed by atoms with Crippen molar-refractivity contribution in [1.29, 1.82) is 0 Å². The number of carboxylic acid groups (broad SMARTS) is 1. The Morgan fingerprint density at radius 3 is 2.73 bits per heavy atom. The number of methoxy groups -OCH3 is 1. The van der Waals surface area contributed by atoms with Crippen molar-refractivity contribution in [2.45, 2.75) is 53.0 Å². The quantitative estimate of drug-likeness (QED) is 0.289. The largest absolute Gasteiger partial charge is 0.496 e. The van der Waals surface area contributed by atoms with Gasteiger partial charge in [-0.05, 0) is 59.1 Å². The van der Waals surface area contributed by atoms with Crippen LogP contribution in [0, 0.1) is 13.8 Å². The van der Waals surface area contributed by atoms with Crippen LogP contribution in [0.15, 0.2) is 16.7 Å². The van der Waals surface area contributed by atoms with Gasteiger partial charge in [0.05, 0.1) is 29.4 Å². The zero-order valence-corrected chi connectivity index (χ0v) is 21.3. The molecular formula is C26H27N7O4. The summed E-state index contributed by atoms with van der Waals surface area (Å²) in [6.45, 7) is 7.87. The van der Waals surface area contributed by atoms with Crippen LogP contribution in [-0.4, -0.2) is 48.1 Å². The molecule has 1 aliphatic carbocycles. The maximum Gasteiger partial charge on any atom is 0.374 e. The molecule has 1 aliphatic rings. The van der Waals surface area contributed by atoms with Gasteiger partial charge in [-0.15, -0.1) is 0 Å². The van der Waals surface area contributed by atoms with E-state index in [1.807, 2.05) is 30.7 Å².